The number of urea groups is 1. The van der Waals surface area contributed by atoms with Gasteiger partial charge in [-0.15, -0.1) is 0 Å². The molecule has 3 amide bonds. The zero-order chi connectivity index (χ0) is 15.4. The number of rotatable bonds is 5. The van der Waals surface area contributed by atoms with E-state index >= 15 is 0 Å². The molecular formula is C15H17N3O3. The number of carbonyl (C=O) groups excluding carboxylic acids is 2. The van der Waals surface area contributed by atoms with Crippen molar-refractivity contribution in [3.8, 4) is 11.8 Å². The monoisotopic (exact) mass is 287 g/mol. The van der Waals surface area contributed by atoms with E-state index in [1.807, 2.05) is 13.0 Å². The summed E-state index contributed by atoms with van der Waals surface area (Å²) < 4.78 is 5.07. The number of hydrogen-bond donors (Lipinski definition) is 1. The molecule has 1 aromatic rings. The van der Waals surface area contributed by atoms with Crippen LogP contribution < -0.4 is 10.1 Å². The van der Waals surface area contributed by atoms with Crippen LogP contribution in [0, 0.1) is 11.3 Å². The minimum absolute atomic E-state index is 0.156. The first-order valence-corrected chi connectivity index (χ1v) is 6.79. The van der Waals surface area contributed by atoms with Crippen LogP contribution in [0.4, 0.5) is 4.79 Å². The van der Waals surface area contributed by atoms with Gasteiger partial charge in [-0.3, -0.25) is 9.69 Å². The molecule has 110 valence electrons. The highest BCUT2D eigenvalue weighted by Gasteiger charge is 2.37. The second-order valence-electron chi connectivity index (χ2n) is 4.86. The van der Waals surface area contributed by atoms with E-state index in [0.29, 0.717) is 23.3 Å². The fourth-order valence-electron chi connectivity index (χ4n) is 2.33. The van der Waals surface area contributed by atoms with Gasteiger partial charge in [-0.05, 0) is 24.1 Å². The van der Waals surface area contributed by atoms with Crippen LogP contribution in [0.3, 0.4) is 0 Å². The lowest BCUT2D eigenvalue weighted by Gasteiger charge is -2.14. The Kier molecular flexibility index (Phi) is 4.43. The Morgan fingerprint density at radius 2 is 2.19 bits per heavy atom. The first-order chi connectivity index (χ1) is 10.1. The molecule has 0 bridgehead atoms. The zero-order valence-corrected chi connectivity index (χ0v) is 12.0. The number of hydrogen-bond acceptors (Lipinski definition) is 4. The summed E-state index contributed by atoms with van der Waals surface area (Å²) in [5.74, 6) is 0.262. The van der Waals surface area contributed by atoms with Crippen LogP contribution in [-0.2, 0) is 11.3 Å². The van der Waals surface area contributed by atoms with Crippen LogP contribution in [0.5, 0.6) is 5.75 Å². The van der Waals surface area contributed by atoms with Crippen LogP contribution in [0.15, 0.2) is 18.2 Å². The first kappa shape index (κ1) is 14.9. The number of amides is 3. The van der Waals surface area contributed by atoms with Crippen LogP contribution in [0.2, 0.25) is 0 Å². The van der Waals surface area contributed by atoms with Crippen molar-refractivity contribution in [2.24, 2.45) is 0 Å². The fraction of sp³-hybridized carbons (Fsp3) is 0.400. The minimum Gasteiger partial charge on any atom is -0.495 e. The Hall–Kier alpha value is -2.55. The van der Waals surface area contributed by atoms with Gasteiger partial charge >= 0.3 is 6.03 Å². The van der Waals surface area contributed by atoms with Gasteiger partial charge in [0, 0.05) is 0 Å². The molecule has 6 nitrogen and oxygen atoms in total. The topological polar surface area (TPSA) is 82.4 Å². The van der Waals surface area contributed by atoms with Crippen LogP contribution in [-0.4, -0.2) is 30.0 Å². The van der Waals surface area contributed by atoms with E-state index in [4.69, 9.17) is 10.00 Å². The molecule has 1 atom stereocenters. The SMILES string of the molecule is CCCC1NC(=O)N(Cc2ccc(OC)c(C#N)c2)C1=O. The highest BCUT2D eigenvalue weighted by atomic mass is 16.5. The lowest BCUT2D eigenvalue weighted by molar-refractivity contribution is -0.128. The predicted molar refractivity (Wildman–Crippen MR) is 75.5 cm³/mol. The highest BCUT2D eigenvalue weighted by molar-refractivity contribution is 6.04. The van der Waals surface area contributed by atoms with Gasteiger partial charge in [0.2, 0.25) is 0 Å². The Balaban J connectivity index is 2.17. The van der Waals surface area contributed by atoms with Crippen molar-refractivity contribution >= 4 is 11.9 Å². The summed E-state index contributed by atoms with van der Waals surface area (Å²) in [4.78, 5) is 25.2. The molecule has 6 heteroatoms. The van der Waals surface area contributed by atoms with Gasteiger partial charge in [-0.2, -0.15) is 5.26 Å². The standard InChI is InChI=1S/C15H17N3O3/c1-3-4-12-14(19)18(15(20)17-12)9-10-5-6-13(21-2)11(7-10)8-16/h5-7,12H,3-4,9H2,1-2H3,(H,17,20). The van der Waals surface area contributed by atoms with Gasteiger partial charge in [0.25, 0.3) is 5.91 Å². The summed E-state index contributed by atoms with van der Waals surface area (Å²) >= 11 is 0. The maximum atomic E-state index is 12.1. The van der Waals surface area contributed by atoms with E-state index in [-0.39, 0.29) is 18.5 Å². The smallest absolute Gasteiger partial charge is 0.325 e. The number of nitrogens with zero attached hydrogens (tertiary/aromatic N) is 2. The van der Waals surface area contributed by atoms with Crippen molar-refractivity contribution in [1.82, 2.24) is 10.2 Å². The Labute approximate surface area is 123 Å². The van der Waals surface area contributed by atoms with Gasteiger partial charge in [0.1, 0.15) is 17.9 Å². The average Bonchev–Trinajstić information content (AvgIpc) is 2.75. The molecular weight excluding hydrogens is 270 g/mol. The van der Waals surface area contributed by atoms with E-state index in [2.05, 4.69) is 5.32 Å². The Morgan fingerprint density at radius 3 is 2.81 bits per heavy atom. The summed E-state index contributed by atoms with van der Waals surface area (Å²) in [5, 5.41) is 11.7. The van der Waals surface area contributed by atoms with E-state index in [9.17, 15) is 9.59 Å². The number of methoxy groups -OCH3 is 1. The zero-order valence-electron chi connectivity index (χ0n) is 12.0. The molecule has 1 aromatic carbocycles. The second-order valence-corrected chi connectivity index (χ2v) is 4.86. The summed E-state index contributed by atoms with van der Waals surface area (Å²) in [7, 11) is 1.49. The van der Waals surface area contributed by atoms with Gasteiger partial charge in [-0.25, -0.2) is 4.79 Å². The van der Waals surface area contributed by atoms with Crippen molar-refractivity contribution in [1.29, 1.82) is 5.26 Å². The number of nitriles is 1. The maximum Gasteiger partial charge on any atom is 0.325 e. The summed E-state index contributed by atoms with van der Waals surface area (Å²) in [6, 6.07) is 6.26. The van der Waals surface area contributed by atoms with E-state index < -0.39 is 6.04 Å². The number of benzene rings is 1. The van der Waals surface area contributed by atoms with Crippen molar-refractivity contribution in [3.63, 3.8) is 0 Å². The molecule has 0 spiro atoms. The molecule has 1 fully saturated rings. The van der Waals surface area contributed by atoms with E-state index in [1.165, 1.54) is 12.0 Å². The van der Waals surface area contributed by atoms with E-state index in [1.54, 1.807) is 18.2 Å². The van der Waals surface area contributed by atoms with Crippen molar-refractivity contribution < 1.29 is 14.3 Å². The molecule has 1 heterocycles. The third-order valence-electron chi connectivity index (χ3n) is 3.41. The molecule has 1 saturated heterocycles. The van der Waals surface area contributed by atoms with Crippen molar-refractivity contribution in [2.75, 3.05) is 7.11 Å². The maximum absolute atomic E-state index is 12.1. The molecule has 21 heavy (non-hydrogen) atoms. The van der Waals surface area contributed by atoms with Gasteiger partial charge in [-0.1, -0.05) is 19.4 Å². The van der Waals surface area contributed by atoms with Gasteiger partial charge in [0.15, 0.2) is 0 Å². The molecule has 1 N–H and O–H groups in total. The number of imide groups is 1. The van der Waals surface area contributed by atoms with Crippen molar-refractivity contribution in [2.45, 2.75) is 32.4 Å². The highest BCUT2D eigenvalue weighted by Crippen LogP contribution is 2.21. The van der Waals surface area contributed by atoms with Crippen molar-refractivity contribution in [3.05, 3.63) is 29.3 Å². The normalized spacial score (nSPS) is 17.6. The molecule has 0 aromatic heterocycles. The molecule has 1 unspecified atom stereocenters. The molecule has 0 aliphatic carbocycles. The van der Waals surface area contributed by atoms with Crippen LogP contribution in [0.1, 0.15) is 30.9 Å². The third kappa shape index (κ3) is 2.97. The molecule has 0 saturated carbocycles. The molecule has 1 aliphatic heterocycles. The van der Waals surface area contributed by atoms with Gasteiger partial charge in [0.05, 0.1) is 19.2 Å². The van der Waals surface area contributed by atoms with Crippen LogP contribution >= 0.6 is 0 Å². The quantitative estimate of drug-likeness (QED) is 0.837. The fourth-order valence-corrected chi connectivity index (χ4v) is 2.33. The Morgan fingerprint density at radius 1 is 1.43 bits per heavy atom. The first-order valence-electron chi connectivity index (χ1n) is 6.79. The van der Waals surface area contributed by atoms with Gasteiger partial charge < -0.3 is 10.1 Å². The number of ether oxygens (including phenoxy) is 1. The number of carbonyl (C=O) groups is 2. The summed E-state index contributed by atoms with van der Waals surface area (Å²) in [6.45, 7) is 2.12. The summed E-state index contributed by atoms with van der Waals surface area (Å²) in [6.07, 6.45) is 1.46. The molecule has 2 rings (SSSR count). The number of nitrogens with one attached hydrogen (secondary N) is 1. The summed E-state index contributed by atoms with van der Waals surface area (Å²) in [5.41, 5.74) is 1.10. The largest absolute Gasteiger partial charge is 0.495 e. The third-order valence-corrected chi connectivity index (χ3v) is 3.41. The van der Waals surface area contributed by atoms with Crippen LogP contribution in [0.25, 0.3) is 0 Å². The average molecular weight is 287 g/mol. The Bertz CT molecular complexity index is 607. The lowest BCUT2D eigenvalue weighted by Crippen LogP contribution is -2.31. The second kappa shape index (κ2) is 6.27. The molecule has 1 aliphatic rings. The minimum atomic E-state index is -0.434. The predicted octanol–water partition coefficient (Wildman–Crippen LogP) is 1.79. The van der Waals surface area contributed by atoms with E-state index in [0.717, 1.165) is 6.42 Å². The molecule has 0 radical (unpaired) electrons. The lowest BCUT2D eigenvalue weighted by atomic mass is 10.1.